The first-order valence-corrected chi connectivity index (χ1v) is 11.8. The summed E-state index contributed by atoms with van der Waals surface area (Å²) in [7, 11) is 0. The van der Waals surface area contributed by atoms with Crippen molar-refractivity contribution in [1.29, 1.82) is 0 Å². The van der Waals surface area contributed by atoms with Crippen molar-refractivity contribution in [1.82, 2.24) is 8.87 Å². The summed E-state index contributed by atoms with van der Waals surface area (Å²) in [5, 5.41) is 1.18. The number of fused-ring (bicyclic) bond motifs is 1. The van der Waals surface area contributed by atoms with Gasteiger partial charge in [-0.3, -0.25) is 0 Å². The van der Waals surface area contributed by atoms with Gasteiger partial charge in [0.05, 0.1) is 5.52 Å². The van der Waals surface area contributed by atoms with Gasteiger partial charge in [-0.25, -0.2) is 8.70 Å². The third-order valence-electron chi connectivity index (χ3n) is 5.48. The molecular formula is C25H32FN3S. The van der Waals surface area contributed by atoms with Crippen molar-refractivity contribution in [2.75, 3.05) is 37.3 Å². The number of allylic oxidation sites excluding steroid dienone is 1. The number of benzene rings is 2. The summed E-state index contributed by atoms with van der Waals surface area (Å²) in [6.45, 7) is 16.2. The molecule has 1 aliphatic heterocycles. The molecule has 1 aromatic heterocycles. The van der Waals surface area contributed by atoms with Crippen LogP contribution in [0.4, 0.5) is 10.1 Å². The van der Waals surface area contributed by atoms with Gasteiger partial charge in [0.25, 0.3) is 0 Å². The molecule has 0 amide bonds. The zero-order chi connectivity index (χ0) is 21.8. The Morgan fingerprint density at radius 3 is 2.23 bits per heavy atom. The predicted molar refractivity (Wildman–Crippen MR) is 131 cm³/mol. The quantitative estimate of drug-likeness (QED) is 0.440. The first-order valence-electron chi connectivity index (χ1n) is 10.6. The summed E-state index contributed by atoms with van der Waals surface area (Å²) in [4.78, 5) is 2.45. The maximum Gasteiger partial charge on any atom is 0.126 e. The number of anilines is 1. The summed E-state index contributed by atoms with van der Waals surface area (Å²) < 4.78 is 18.4. The van der Waals surface area contributed by atoms with E-state index in [9.17, 15) is 4.39 Å². The van der Waals surface area contributed by atoms with Crippen LogP contribution >= 0.6 is 11.9 Å². The molecule has 1 saturated heterocycles. The summed E-state index contributed by atoms with van der Waals surface area (Å²) in [5.41, 5.74) is 6.05. The number of hydrogen-bond acceptors (Lipinski definition) is 3. The Hall–Kier alpha value is -2.24. The average molecular weight is 426 g/mol. The van der Waals surface area contributed by atoms with Gasteiger partial charge >= 0.3 is 0 Å². The molecule has 0 unspecified atom stereocenters. The molecule has 0 radical (unpaired) electrons. The minimum atomic E-state index is -0.177. The smallest absolute Gasteiger partial charge is 0.126 e. The van der Waals surface area contributed by atoms with Gasteiger partial charge in [0, 0.05) is 48.6 Å². The molecule has 0 bridgehead atoms. The maximum absolute atomic E-state index is 13.8. The topological polar surface area (TPSA) is 11.4 Å². The monoisotopic (exact) mass is 425 g/mol. The van der Waals surface area contributed by atoms with Crippen LogP contribution in [0.1, 0.15) is 32.0 Å². The number of piperazine rings is 1. The lowest BCUT2D eigenvalue weighted by Gasteiger charge is -2.34. The van der Waals surface area contributed by atoms with E-state index in [1.807, 2.05) is 44.9 Å². The Morgan fingerprint density at radius 2 is 1.63 bits per heavy atom. The molecule has 2 aromatic carbocycles. The third kappa shape index (κ3) is 4.42. The highest BCUT2D eigenvalue weighted by Crippen LogP contribution is 2.32. The Balaban J connectivity index is 0.00000124. The molecule has 160 valence electrons. The van der Waals surface area contributed by atoms with E-state index < -0.39 is 0 Å². The second kappa shape index (κ2) is 9.71. The SMILES string of the molecule is C=C(C)c1cc2cc(N3CCN(SC)CC3)ccc2n1-c1ccc(F)c(C)c1.CC. The van der Waals surface area contributed by atoms with Crippen molar-refractivity contribution < 1.29 is 4.39 Å². The van der Waals surface area contributed by atoms with E-state index in [0.717, 1.165) is 48.7 Å². The molecule has 5 heteroatoms. The molecular weight excluding hydrogens is 393 g/mol. The van der Waals surface area contributed by atoms with Crippen LogP contribution in [0.2, 0.25) is 0 Å². The van der Waals surface area contributed by atoms with Gasteiger partial charge in [-0.05, 0) is 73.7 Å². The lowest BCUT2D eigenvalue weighted by molar-refractivity contribution is 0.431. The van der Waals surface area contributed by atoms with E-state index in [1.54, 1.807) is 6.92 Å². The minimum absolute atomic E-state index is 0.177. The van der Waals surface area contributed by atoms with Gasteiger partial charge in [-0.2, -0.15) is 0 Å². The lowest BCUT2D eigenvalue weighted by atomic mass is 10.2. The van der Waals surface area contributed by atoms with Crippen LogP contribution in [0.25, 0.3) is 22.2 Å². The molecule has 0 aliphatic carbocycles. The molecule has 1 aliphatic rings. The van der Waals surface area contributed by atoms with Gasteiger partial charge in [0.1, 0.15) is 5.82 Å². The fraction of sp³-hybridized carbons (Fsp3) is 0.360. The van der Waals surface area contributed by atoms with Crippen molar-refractivity contribution in [3.63, 3.8) is 0 Å². The summed E-state index contributed by atoms with van der Waals surface area (Å²) >= 11 is 1.82. The summed E-state index contributed by atoms with van der Waals surface area (Å²) in [6.07, 6.45) is 2.14. The van der Waals surface area contributed by atoms with Crippen molar-refractivity contribution in [2.24, 2.45) is 0 Å². The number of hydrogen-bond donors (Lipinski definition) is 0. The van der Waals surface area contributed by atoms with Crippen LogP contribution in [0.15, 0.2) is 49.0 Å². The van der Waals surface area contributed by atoms with Crippen LogP contribution in [0, 0.1) is 12.7 Å². The van der Waals surface area contributed by atoms with E-state index in [2.05, 4.69) is 50.9 Å². The van der Waals surface area contributed by atoms with Crippen LogP contribution in [-0.4, -0.2) is 41.3 Å². The molecule has 2 heterocycles. The van der Waals surface area contributed by atoms with Gasteiger partial charge in [0.15, 0.2) is 0 Å². The number of rotatable bonds is 4. The fourth-order valence-electron chi connectivity index (χ4n) is 3.89. The summed E-state index contributed by atoms with van der Waals surface area (Å²) in [6, 6.07) is 14.1. The van der Waals surface area contributed by atoms with Crippen molar-refractivity contribution in [3.8, 4) is 5.69 Å². The zero-order valence-corrected chi connectivity index (χ0v) is 19.5. The molecule has 3 aromatic rings. The molecule has 3 nitrogen and oxygen atoms in total. The zero-order valence-electron chi connectivity index (χ0n) is 18.7. The molecule has 4 rings (SSSR count). The van der Waals surface area contributed by atoms with E-state index in [4.69, 9.17) is 0 Å². The normalized spacial score (nSPS) is 14.5. The van der Waals surface area contributed by atoms with Gasteiger partial charge < -0.3 is 9.47 Å². The van der Waals surface area contributed by atoms with Gasteiger partial charge in [-0.1, -0.05) is 32.4 Å². The molecule has 0 atom stereocenters. The fourth-order valence-corrected chi connectivity index (χ4v) is 4.42. The van der Waals surface area contributed by atoms with Crippen LogP contribution in [0.5, 0.6) is 0 Å². The first-order chi connectivity index (χ1) is 14.5. The van der Waals surface area contributed by atoms with Crippen LogP contribution < -0.4 is 4.90 Å². The highest BCUT2D eigenvalue weighted by atomic mass is 32.2. The Bertz CT molecular complexity index is 1030. The molecule has 0 spiro atoms. The standard InChI is InChI=1S/C23H26FN3S.C2H6/c1-16(2)23-15-18-14-19(25-9-11-26(28-4)12-10-25)6-8-22(18)27(23)20-5-7-21(24)17(3)13-20;1-2/h5-8,13-15H,1,9-12H2,2-4H3;1-2H3. The molecule has 0 N–H and O–H groups in total. The first kappa shape index (κ1) is 22.4. The Labute approximate surface area is 184 Å². The number of aryl methyl sites for hydroxylation is 1. The lowest BCUT2D eigenvalue weighted by Crippen LogP contribution is -2.43. The van der Waals surface area contributed by atoms with Crippen LogP contribution in [0.3, 0.4) is 0 Å². The van der Waals surface area contributed by atoms with E-state index in [0.29, 0.717) is 5.56 Å². The van der Waals surface area contributed by atoms with Crippen molar-refractivity contribution in [2.45, 2.75) is 27.7 Å². The highest BCUT2D eigenvalue weighted by Gasteiger charge is 2.18. The molecule has 1 fully saturated rings. The molecule has 30 heavy (non-hydrogen) atoms. The Morgan fingerprint density at radius 1 is 0.967 bits per heavy atom. The largest absolute Gasteiger partial charge is 0.369 e. The second-order valence-corrected chi connectivity index (χ2v) is 8.30. The molecule has 0 saturated carbocycles. The minimum Gasteiger partial charge on any atom is -0.369 e. The number of aromatic nitrogens is 1. The third-order valence-corrected chi connectivity index (χ3v) is 6.37. The average Bonchev–Trinajstić information content (AvgIpc) is 3.16. The van der Waals surface area contributed by atoms with E-state index in [1.165, 1.54) is 17.1 Å². The highest BCUT2D eigenvalue weighted by molar-refractivity contribution is 7.96. The van der Waals surface area contributed by atoms with E-state index in [-0.39, 0.29) is 5.82 Å². The second-order valence-electron chi connectivity index (χ2n) is 7.42. The summed E-state index contributed by atoms with van der Waals surface area (Å²) in [5.74, 6) is -0.177. The van der Waals surface area contributed by atoms with Crippen molar-refractivity contribution >= 4 is 34.1 Å². The maximum atomic E-state index is 13.8. The van der Waals surface area contributed by atoms with Gasteiger partial charge in [-0.15, -0.1) is 0 Å². The predicted octanol–water partition coefficient (Wildman–Crippen LogP) is 6.54. The Kier molecular flexibility index (Phi) is 7.27. The van der Waals surface area contributed by atoms with Crippen LogP contribution in [-0.2, 0) is 0 Å². The number of halogens is 1. The van der Waals surface area contributed by atoms with Gasteiger partial charge in [0.2, 0.25) is 0 Å². The van der Waals surface area contributed by atoms with Crippen molar-refractivity contribution in [3.05, 3.63) is 66.1 Å². The number of nitrogens with zero attached hydrogens (tertiary/aromatic N) is 3. The van der Waals surface area contributed by atoms with E-state index >= 15 is 0 Å².